The number of nitrogens with zero attached hydrogens (tertiary/aromatic N) is 5. The minimum atomic E-state index is 0.718. The van der Waals surface area contributed by atoms with Crippen molar-refractivity contribution in [3.8, 4) is 28.3 Å². The van der Waals surface area contributed by atoms with E-state index in [0.717, 1.165) is 66.5 Å². The molecule has 4 aromatic rings. The largest absolute Gasteiger partial charge is 0.494 e. The highest BCUT2D eigenvalue weighted by molar-refractivity contribution is 5.99. The normalized spacial score (nSPS) is 18.0. The predicted molar refractivity (Wildman–Crippen MR) is 135 cm³/mol. The molecule has 0 N–H and O–H groups in total. The van der Waals surface area contributed by atoms with Gasteiger partial charge in [-0.3, -0.25) is 14.6 Å². The molecule has 0 aliphatic carbocycles. The fraction of sp³-hybridized carbons (Fsp3) is 0.393. The summed E-state index contributed by atoms with van der Waals surface area (Å²) in [6.07, 6.45) is 10.8. The van der Waals surface area contributed by atoms with Crippen LogP contribution >= 0.6 is 0 Å². The van der Waals surface area contributed by atoms with Crippen molar-refractivity contribution >= 4 is 10.9 Å². The lowest BCUT2D eigenvalue weighted by molar-refractivity contribution is 0.255. The average Bonchev–Trinajstić information content (AvgIpc) is 3.58. The molecule has 0 spiro atoms. The summed E-state index contributed by atoms with van der Waals surface area (Å²) in [6.45, 7) is 2.94. The molecule has 0 amide bonds. The van der Waals surface area contributed by atoms with Crippen molar-refractivity contribution in [3.63, 3.8) is 0 Å². The van der Waals surface area contributed by atoms with Crippen LogP contribution < -0.4 is 4.74 Å². The number of aryl methyl sites for hydroxylation is 1. The molecule has 1 unspecified atom stereocenters. The van der Waals surface area contributed by atoms with Crippen LogP contribution in [0.2, 0.25) is 0 Å². The van der Waals surface area contributed by atoms with Crippen LogP contribution in [0.15, 0.2) is 54.9 Å². The van der Waals surface area contributed by atoms with E-state index in [1.807, 2.05) is 30.6 Å². The summed E-state index contributed by atoms with van der Waals surface area (Å²) in [5.41, 5.74) is 6.49. The molecule has 34 heavy (non-hydrogen) atoms. The number of ether oxygens (including phenoxy) is 1. The lowest BCUT2D eigenvalue weighted by Crippen LogP contribution is -2.25. The average molecular weight is 454 g/mol. The number of hydrogen-bond donors (Lipinski definition) is 0. The fourth-order valence-corrected chi connectivity index (χ4v) is 5.59. The molecular weight excluding hydrogens is 422 g/mol. The van der Waals surface area contributed by atoms with Crippen LogP contribution in [0.1, 0.15) is 37.8 Å². The Morgan fingerprint density at radius 1 is 1.03 bits per heavy atom. The highest BCUT2D eigenvalue weighted by atomic mass is 16.5. The van der Waals surface area contributed by atoms with Crippen molar-refractivity contribution < 1.29 is 4.74 Å². The summed E-state index contributed by atoms with van der Waals surface area (Å²) < 4.78 is 8.28. The molecule has 6 nitrogen and oxygen atoms in total. The van der Waals surface area contributed by atoms with E-state index in [2.05, 4.69) is 50.9 Å². The van der Waals surface area contributed by atoms with E-state index < -0.39 is 0 Å². The molecule has 1 aromatic carbocycles. The highest BCUT2D eigenvalue weighted by Gasteiger charge is 2.25. The summed E-state index contributed by atoms with van der Waals surface area (Å²) in [5.74, 6) is 0.891. The van der Waals surface area contributed by atoms with Gasteiger partial charge in [0.05, 0.1) is 17.8 Å². The third-order valence-electron chi connectivity index (χ3n) is 7.35. The lowest BCUT2D eigenvalue weighted by atomic mass is 9.96. The van der Waals surface area contributed by atoms with Crippen molar-refractivity contribution in [2.75, 3.05) is 20.2 Å². The molecule has 1 fully saturated rings. The van der Waals surface area contributed by atoms with E-state index in [1.54, 1.807) is 0 Å². The SMILES string of the molecule is CN1CCCC1CCCOc1ccc2c(-c3c(-c4ccccn4)nn4c3CCC4)ccnc2c1. The van der Waals surface area contributed by atoms with Gasteiger partial charge in [-0.15, -0.1) is 0 Å². The van der Waals surface area contributed by atoms with Gasteiger partial charge in [-0.25, -0.2) is 0 Å². The summed E-state index contributed by atoms with van der Waals surface area (Å²) >= 11 is 0. The first-order valence-electron chi connectivity index (χ1n) is 12.5. The number of likely N-dealkylation sites (tertiary alicyclic amines) is 1. The summed E-state index contributed by atoms with van der Waals surface area (Å²) in [4.78, 5) is 11.8. The van der Waals surface area contributed by atoms with Crippen LogP contribution in [-0.4, -0.2) is 50.9 Å². The Bertz CT molecular complexity index is 1300. The van der Waals surface area contributed by atoms with Gasteiger partial charge in [0, 0.05) is 47.7 Å². The second-order valence-corrected chi connectivity index (χ2v) is 9.52. The lowest BCUT2D eigenvalue weighted by Gasteiger charge is -2.19. The summed E-state index contributed by atoms with van der Waals surface area (Å²) in [6, 6.07) is 15.2. The zero-order valence-electron chi connectivity index (χ0n) is 19.8. The number of fused-ring (bicyclic) bond motifs is 2. The predicted octanol–water partition coefficient (Wildman–Crippen LogP) is 5.36. The Hall–Kier alpha value is -3.25. The van der Waals surface area contributed by atoms with Crippen LogP contribution in [0.3, 0.4) is 0 Å². The quantitative estimate of drug-likeness (QED) is 0.353. The van der Waals surface area contributed by atoms with Crippen LogP contribution in [0, 0.1) is 0 Å². The maximum atomic E-state index is 6.12. The number of pyridine rings is 2. The minimum absolute atomic E-state index is 0.718. The fourth-order valence-electron chi connectivity index (χ4n) is 5.59. The number of benzene rings is 1. The van der Waals surface area contributed by atoms with Gasteiger partial charge in [-0.2, -0.15) is 5.10 Å². The Balaban J connectivity index is 1.28. The van der Waals surface area contributed by atoms with Gasteiger partial charge in [-0.1, -0.05) is 6.07 Å². The van der Waals surface area contributed by atoms with E-state index in [0.29, 0.717) is 0 Å². The van der Waals surface area contributed by atoms with Crippen LogP contribution in [0.25, 0.3) is 33.4 Å². The summed E-state index contributed by atoms with van der Waals surface area (Å²) in [7, 11) is 2.24. The van der Waals surface area contributed by atoms with Gasteiger partial charge in [0.15, 0.2) is 0 Å². The molecule has 6 heteroatoms. The molecule has 174 valence electrons. The van der Waals surface area contributed by atoms with Crippen LogP contribution in [0.4, 0.5) is 0 Å². The van der Waals surface area contributed by atoms with Crippen molar-refractivity contribution in [2.24, 2.45) is 0 Å². The van der Waals surface area contributed by atoms with Crippen LogP contribution in [-0.2, 0) is 13.0 Å². The molecule has 2 aliphatic heterocycles. The molecule has 1 atom stereocenters. The standard InChI is InChI=1S/C28H31N5O/c1-32-16-4-7-20(32)8-6-18-34-21-11-12-22-23(13-15-30-25(22)19-21)27-26-10-5-17-33(26)31-28(27)24-9-2-3-14-29-24/h2-3,9,11-15,19-20H,4-8,10,16-18H2,1H3. The summed E-state index contributed by atoms with van der Waals surface area (Å²) in [5, 5.41) is 6.08. The first-order valence-corrected chi connectivity index (χ1v) is 12.5. The molecule has 0 saturated carbocycles. The molecule has 0 bridgehead atoms. The molecular formula is C28H31N5O. The number of hydrogen-bond acceptors (Lipinski definition) is 5. The highest BCUT2D eigenvalue weighted by Crippen LogP contribution is 2.40. The van der Waals surface area contributed by atoms with E-state index in [9.17, 15) is 0 Å². The Morgan fingerprint density at radius 3 is 2.85 bits per heavy atom. The first kappa shape index (κ1) is 21.3. The Labute approximate surface area is 200 Å². The zero-order valence-corrected chi connectivity index (χ0v) is 19.8. The van der Waals surface area contributed by atoms with Gasteiger partial charge in [0.1, 0.15) is 11.4 Å². The van der Waals surface area contributed by atoms with E-state index in [-0.39, 0.29) is 0 Å². The molecule has 2 aliphatic rings. The van der Waals surface area contributed by atoms with Gasteiger partial charge < -0.3 is 9.64 Å². The number of rotatable bonds is 7. The monoisotopic (exact) mass is 453 g/mol. The molecule has 3 aromatic heterocycles. The third-order valence-corrected chi connectivity index (χ3v) is 7.35. The maximum Gasteiger partial charge on any atom is 0.121 e. The van der Waals surface area contributed by atoms with Gasteiger partial charge in [-0.05, 0) is 88.0 Å². The van der Waals surface area contributed by atoms with E-state index in [1.165, 1.54) is 42.6 Å². The Kier molecular flexibility index (Phi) is 5.75. The second-order valence-electron chi connectivity index (χ2n) is 9.52. The zero-order chi connectivity index (χ0) is 22.9. The molecule has 1 saturated heterocycles. The van der Waals surface area contributed by atoms with Crippen molar-refractivity contribution in [3.05, 3.63) is 60.6 Å². The van der Waals surface area contributed by atoms with Crippen molar-refractivity contribution in [1.29, 1.82) is 0 Å². The molecule has 6 rings (SSSR count). The van der Waals surface area contributed by atoms with Crippen molar-refractivity contribution in [1.82, 2.24) is 24.6 Å². The van der Waals surface area contributed by atoms with E-state index >= 15 is 0 Å². The molecule has 0 radical (unpaired) electrons. The Morgan fingerprint density at radius 2 is 2.00 bits per heavy atom. The first-order chi connectivity index (χ1) is 16.8. The second kappa shape index (κ2) is 9.18. The van der Waals surface area contributed by atoms with Crippen LogP contribution in [0.5, 0.6) is 5.75 Å². The third kappa shape index (κ3) is 3.96. The smallest absolute Gasteiger partial charge is 0.121 e. The maximum absolute atomic E-state index is 6.12. The molecule has 5 heterocycles. The topological polar surface area (TPSA) is 56.1 Å². The van der Waals surface area contributed by atoms with E-state index in [4.69, 9.17) is 9.84 Å². The van der Waals surface area contributed by atoms with Gasteiger partial charge in [0.25, 0.3) is 0 Å². The van der Waals surface area contributed by atoms with Gasteiger partial charge >= 0.3 is 0 Å². The minimum Gasteiger partial charge on any atom is -0.494 e. The van der Waals surface area contributed by atoms with Gasteiger partial charge in [0.2, 0.25) is 0 Å². The van der Waals surface area contributed by atoms with Crippen molar-refractivity contribution in [2.45, 2.75) is 51.1 Å². The number of aromatic nitrogens is 4.